The number of nitrogens with zero attached hydrogens (tertiary/aromatic N) is 3. The molecule has 0 bridgehead atoms. The second-order valence-electron chi connectivity index (χ2n) is 6.84. The Bertz CT molecular complexity index is 587. The maximum Gasteiger partial charge on any atom is 0.242 e. The summed E-state index contributed by atoms with van der Waals surface area (Å²) in [6.07, 6.45) is 6.73. The summed E-state index contributed by atoms with van der Waals surface area (Å²) in [5.74, 6) is 0.594. The maximum atomic E-state index is 12.7. The first-order valence-corrected chi connectivity index (χ1v) is 10.0. The van der Waals surface area contributed by atoms with E-state index in [1.165, 1.54) is 0 Å². The summed E-state index contributed by atoms with van der Waals surface area (Å²) in [6.45, 7) is 4.66. The molecule has 0 aliphatic carbocycles. The number of rotatable bonds is 4. The van der Waals surface area contributed by atoms with Crippen LogP contribution in [0.5, 0.6) is 0 Å². The number of hydrogen-bond donors (Lipinski definition) is 0. The average Bonchev–Trinajstić information content (AvgIpc) is 3.00. The van der Waals surface area contributed by atoms with Crippen LogP contribution >= 0.6 is 11.3 Å². The number of piperidine rings is 1. The van der Waals surface area contributed by atoms with Gasteiger partial charge in [0.2, 0.25) is 11.8 Å². The molecule has 1 atom stereocenters. The van der Waals surface area contributed by atoms with E-state index in [0.29, 0.717) is 12.3 Å². The number of carbonyl (C=O) groups excluding carboxylic acids is 2. The lowest BCUT2D eigenvalue weighted by atomic mass is 9.98. The number of aryl methyl sites for hydroxylation is 1. The Labute approximate surface area is 148 Å². The van der Waals surface area contributed by atoms with E-state index < -0.39 is 0 Å². The topological polar surface area (TPSA) is 53.5 Å². The van der Waals surface area contributed by atoms with E-state index in [0.717, 1.165) is 68.9 Å². The van der Waals surface area contributed by atoms with Crippen molar-refractivity contribution in [3.8, 4) is 0 Å². The molecule has 3 rings (SSSR count). The van der Waals surface area contributed by atoms with Gasteiger partial charge in [0.05, 0.1) is 17.2 Å². The van der Waals surface area contributed by atoms with Crippen molar-refractivity contribution < 1.29 is 9.59 Å². The zero-order valence-corrected chi connectivity index (χ0v) is 15.3. The third kappa shape index (κ3) is 4.15. The zero-order chi connectivity index (χ0) is 16.9. The van der Waals surface area contributed by atoms with Crippen molar-refractivity contribution >= 4 is 23.2 Å². The highest BCUT2D eigenvalue weighted by Gasteiger charge is 2.28. The first-order chi connectivity index (χ1) is 11.7. The van der Waals surface area contributed by atoms with Crippen LogP contribution in [-0.2, 0) is 16.0 Å². The Kier molecular flexibility index (Phi) is 5.87. The second-order valence-corrected chi connectivity index (χ2v) is 7.73. The monoisotopic (exact) mass is 349 g/mol. The van der Waals surface area contributed by atoms with E-state index in [9.17, 15) is 9.59 Å². The molecule has 2 aliphatic rings. The Morgan fingerprint density at radius 2 is 2.17 bits per heavy atom. The molecule has 1 aromatic heterocycles. The summed E-state index contributed by atoms with van der Waals surface area (Å²) in [4.78, 5) is 33.2. The molecule has 2 amide bonds. The fourth-order valence-electron chi connectivity index (χ4n) is 3.55. The minimum absolute atomic E-state index is 0.0993. The third-order valence-electron chi connectivity index (χ3n) is 5.05. The second kappa shape index (κ2) is 8.10. The minimum Gasteiger partial charge on any atom is -0.340 e. The van der Waals surface area contributed by atoms with Crippen LogP contribution in [0.2, 0.25) is 0 Å². The summed E-state index contributed by atoms with van der Waals surface area (Å²) in [5.41, 5.74) is 1.15. The van der Waals surface area contributed by atoms with Crippen LogP contribution in [0.3, 0.4) is 0 Å². The van der Waals surface area contributed by atoms with Crippen LogP contribution in [0, 0.1) is 0 Å². The van der Waals surface area contributed by atoms with Gasteiger partial charge >= 0.3 is 0 Å². The molecule has 5 nitrogen and oxygen atoms in total. The highest BCUT2D eigenvalue weighted by molar-refractivity contribution is 7.09. The van der Waals surface area contributed by atoms with E-state index in [1.54, 1.807) is 16.2 Å². The van der Waals surface area contributed by atoms with Crippen molar-refractivity contribution in [3.63, 3.8) is 0 Å². The molecule has 0 N–H and O–H groups in total. The van der Waals surface area contributed by atoms with Crippen molar-refractivity contribution in [2.24, 2.45) is 0 Å². The quantitative estimate of drug-likeness (QED) is 0.840. The number of likely N-dealkylation sites (tertiary alicyclic amines) is 2. The first kappa shape index (κ1) is 17.4. The smallest absolute Gasteiger partial charge is 0.242 e. The van der Waals surface area contributed by atoms with Gasteiger partial charge in [0, 0.05) is 37.4 Å². The normalized spacial score (nSPS) is 22.5. The van der Waals surface area contributed by atoms with Gasteiger partial charge in [0.15, 0.2) is 0 Å². The van der Waals surface area contributed by atoms with E-state index in [-0.39, 0.29) is 18.4 Å². The van der Waals surface area contributed by atoms with E-state index in [4.69, 9.17) is 4.98 Å². The molecule has 132 valence electrons. The summed E-state index contributed by atoms with van der Waals surface area (Å²) in [7, 11) is 0. The van der Waals surface area contributed by atoms with Gasteiger partial charge in [-0.1, -0.05) is 13.3 Å². The lowest BCUT2D eigenvalue weighted by Crippen LogP contribution is -2.46. The van der Waals surface area contributed by atoms with Crippen LogP contribution in [0.4, 0.5) is 0 Å². The Balaban J connectivity index is 1.59. The van der Waals surface area contributed by atoms with E-state index >= 15 is 0 Å². The Morgan fingerprint density at radius 3 is 2.96 bits per heavy atom. The molecule has 3 heterocycles. The third-order valence-corrected chi connectivity index (χ3v) is 6.11. The van der Waals surface area contributed by atoms with Gasteiger partial charge in [-0.15, -0.1) is 11.3 Å². The fourth-order valence-corrected chi connectivity index (χ4v) is 4.58. The van der Waals surface area contributed by atoms with Crippen LogP contribution in [0.1, 0.15) is 62.1 Å². The van der Waals surface area contributed by atoms with Gasteiger partial charge in [-0.3, -0.25) is 9.59 Å². The van der Waals surface area contributed by atoms with Crippen LogP contribution < -0.4 is 0 Å². The maximum absolute atomic E-state index is 12.7. The van der Waals surface area contributed by atoms with Crippen molar-refractivity contribution in [2.75, 3.05) is 26.2 Å². The highest BCUT2D eigenvalue weighted by Crippen LogP contribution is 2.29. The largest absolute Gasteiger partial charge is 0.340 e. The van der Waals surface area contributed by atoms with Crippen molar-refractivity contribution in [1.29, 1.82) is 0 Å². The summed E-state index contributed by atoms with van der Waals surface area (Å²) < 4.78 is 0. The zero-order valence-electron chi connectivity index (χ0n) is 14.5. The lowest BCUT2D eigenvalue weighted by molar-refractivity contribution is -0.140. The average molecular weight is 350 g/mol. The van der Waals surface area contributed by atoms with E-state index in [2.05, 4.69) is 12.3 Å². The predicted octanol–water partition coefficient (Wildman–Crippen LogP) is 2.81. The van der Waals surface area contributed by atoms with Crippen molar-refractivity contribution in [1.82, 2.24) is 14.8 Å². The molecule has 24 heavy (non-hydrogen) atoms. The number of carbonyl (C=O) groups is 2. The number of thiazole rings is 1. The molecule has 0 spiro atoms. The van der Waals surface area contributed by atoms with Crippen molar-refractivity contribution in [2.45, 2.75) is 57.8 Å². The molecule has 0 aromatic carbocycles. The first-order valence-electron chi connectivity index (χ1n) is 9.17. The number of hydrogen-bond acceptors (Lipinski definition) is 4. The van der Waals surface area contributed by atoms with Gasteiger partial charge in [-0.25, -0.2) is 4.98 Å². The molecule has 2 aliphatic heterocycles. The molecule has 0 saturated carbocycles. The summed E-state index contributed by atoms with van der Waals surface area (Å²) in [5, 5.41) is 3.29. The molecular weight excluding hydrogens is 322 g/mol. The molecule has 1 aromatic rings. The van der Waals surface area contributed by atoms with Crippen LogP contribution in [-0.4, -0.2) is 52.8 Å². The molecule has 2 fully saturated rings. The van der Waals surface area contributed by atoms with E-state index in [1.807, 2.05) is 4.90 Å². The van der Waals surface area contributed by atoms with Gasteiger partial charge in [-0.2, -0.15) is 0 Å². The predicted molar refractivity (Wildman–Crippen MR) is 95.1 cm³/mol. The molecule has 2 saturated heterocycles. The number of amides is 2. The fraction of sp³-hybridized carbons (Fsp3) is 0.722. The van der Waals surface area contributed by atoms with Crippen LogP contribution in [0.25, 0.3) is 0 Å². The lowest BCUT2D eigenvalue weighted by Gasteiger charge is -2.33. The molecule has 1 unspecified atom stereocenters. The molecular formula is C18H27N3O2S. The molecule has 0 radical (unpaired) electrons. The standard InChI is InChI=1S/C18H27N3O2S/c1-2-15-13-24-18(19-15)14-7-6-10-20(11-14)17(23)12-21-9-5-3-4-8-16(21)22/h13-14H,2-12H2,1H3. The van der Waals surface area contributed by atoms with Crippen LogP contribution in [0.15, 0.2) is 5.38 Å². The van der Waals surface area contributed by atoms with Gasteiger partial charge in [-0.05, 0) is 32.1 Å². The van der Waals surface area contributed by atoms with Gasteiger partial charge in [0.1, 0.15) is 0 Å². The Morgan fingerprint density at radius 1 is 1.29 bits per heavy atom. The minimum atomic E-state index is 0.0993. The highest BCUT2D eigenvalue weighted by atomic mass is 32.1. The van der Waals surface area contributed by atoms with Crippen molar-refractivity contribution in [3.05, 3.63) is 16.1 Å². The van der Waals surface area contributed by atoms with Gasteiger partial charge in [0.25, 0.3) is 0 Å². The SMILES string of the molecule is CCc1csc(C2CCCN(C(=O)CN3CCCCCC3=O)C2)n1. The van der Waals surface area contributed by atoms with Gasteiger partial charge < -0.3 is 9.80 Å². The number of aromatic nitrogens is 1. The Hall–Kier alpha value is -1.43. The molecule has 6 heteroatoms. The summed E-state index contributed by atoms with van der Waals surface area (Å²) >= 11 is 1.72. The summed E-state index contributed by atoms with van der Waals surface area (Å²) in [6, 6.07) is 0.